The van der Waals surface area contributed by atoms with Gasteiger partial charge in [-0.25, -0.2) is 27.2 Å². The fraction of sp³-hybridized carbons (Fsp3) is 0.435. The molecule has 1 amide bonds. The number of aromatic amines is 1. The lowest BCUT2D eigenvalue weighted by molar-refractivity contribution is -0.119. The normalized spacial score (nSPS) is 21.6. The van der Waals surface area contributed by atoms with Gasteiger partial charge >= 0.3 is 0 Å². The fourth-order valence-corrected chi connectivity index (χ4v) is 5.14. The highest BCUT2D eigenvalue weighted by molar-refractivity contribution is 7.90. The van der Waals surface area contributed by atoms with Crippen molar-refractivity contribution in [1.29, 1.82) is 0 Å². The first-order valence-electron chi connectivity index (χ1n) is 11.3. The van der Waals surface area contributed by atoms with E-state index in [1.165, 1.54) is 6.07 Å². The van der Waals surface area contributed by atoms with Crippen LogP contribution in [0.1, 0.15) is 43.2 Å². The summed E-state index contributed by atoms with van der Waals surface area (Å²) in [4.78, 5) is 23.9. The molecular weight excluding hydrogens is 480 g/mol. The molecule has 2 aliphatic rings. The molecule has 1 aliphatic carbocycles. The van der Waals surface area contributed by atoms with Gasteiger partial charge in [0.15, 0.2) is 15.5 Å². The molecule has 1 saturated heterocycles. The average molecular weight is 506 g/mol. The Morgan fingerprint density at radius 2 is 1.97 bits per heavy atom. The Hall–Kier alpha value is -3.12. The van der Waals surface area contributed by atoms with Crippen molar-refractivity contribution in [2.24, 2.45) is 5.92 Å². The van der Waals surface area contributed by atoms with Crippen LogP contribution >= 0.6 is 0 Å². The van der Waals surface area contributed by atoms with Gasteiger partial charge in [0.1, 0.15) is 23.1 Å². The molecule has 2 fully saturated rings. The minimum Gasteiger partial charge on any atom is -0.374 e. The summed E-state index contributed by atoms with van der Waals surface area (Å²) in [5.41, 5.74) is 2.19. The zero-order chi connectivity index (χ0) is 25.0. The number of nitrogens with zero attached hydrogens (tertiary/aromatic N) is 2. The smallest absolute Gasteiger partial charge is 0.260 e. The van der Waals surface area contributed by atoms with E-state index in [9.17, 15) is 22.0 Å². The van der Waals surface area contributed by atoms with Crippen molar-refractivity contribution < 1.29 is 26.7 Å². The number of hydrogen-bond donors (Lipinski definition) is 3. The zero-order valence-electron chi connectivity index (χ0n) is 19.2. The van der Waals surface area contributed by atoms with Crippen LogP contribution in [0, 0.1) is 12.8 Å². The van der Waals surface area contributed by atoms with E-state index in [0.717, 1.165) is 31.1 Å². The molecule has 1 aromatic carbocycles. The van der Waals surface area contributed by atoms with Crippen molar-refractivity contribution in [2.45, 2.75) is 49.5 Å². The maximum atomic E-state index is 13.3. The first kappa shape index (κ1) is 23.6. The molecule has 2 atom stereocenters. The second-order valence-electron chi connectivity index (χ2n) is 9.09. The minimum absolute atomic E-state index is 0.0458. The number of ether oxygens (including phenoxy) is 1. The summed E-state index contributed by atoms with van der Waals surface area (Å²) in [6.07, 6.45) is 3.27. The predicted molar refractivity (Wildman–Crippen MR) is 126 cm³/mol. The predicted octanol–water partition coefficient (Wildman–Crippen LogP) is 4.25. The van der Waals surface area contributed by atoms with Gasteiger partial charge in [0.2, 0.25) is 5.91 Å². The summed E-state index contributed by atoms with van der Waals surface area (Å²) < 4.78 is 57.8. The van der Waals surface area contributed by atoms with Gasteiger partial charge in [-0.2, -0.15) is 0 Å². The lowest BCUT2D eigenvalue weighted by Crippen LogP contribution is -2.18. The third-order valence-electron chi connectivity index (χ3n) is 6.19. The minimum atomic E-state index is -3.62. The highest BCUT2D eigenvalue weighted by atomic mass is 32.2. The summed E-state index contributed by atoms with van der Waals surface area (Å²) in [6.45, 7) is 2.35. The van der Waals surface area contributed by atoms with E-state index in [1.54, 1.807) is 19.1 Å². The first-order chi connectivity index (χ1) is 16.5. The van der Waals surface area contributed by atoms with E-state index < -0.39 is 34.0 Å². The van der Waals surface area contributed by atoms with Crippen LogP contribution in [0.5, 0.6) is 0 Å². The number of sulfone groups is 1. The van der Waals surface area contributed by atoms with Gasteiger partial charge in [-0.15, -0.1) is 0 Å². The molecule has 35 heavy (non-hydrogen) atoms. The Balaban J connectivity index is 1.51. The summed E-state index contributed by atoms with van der Waals surface area (Å²) in [7, 11) is -3.62. The number of fused-ring (bicyclic) bond motifs is 1. The molecule has 2 aromatic heterocycles. The molecule has 3 heterocycles. The van der Waals surface area contributed by atoms with Crippen LogP contribution in [0.25, 0.3) is 11.2 Å². The molecular formula is C23H25F2N5O4S. The van der Waals surface area contributed by atoms with E-state index in [1.807, 2.05) is 6.07 Å². The van der Waals surface area contributed by atoms with Crippen LogP contribution in [-0.4, -0.2) is 48.1 Å². The third-order valence-corrected chi connectivity index (χ3v) is 7.33. The van der Waals surface area contributed by atoms with Crippen LogP contribution < -0.4 is 10.6 Å². The topological polar surface area (TPSA) is 126 Å². The van der Waals surface area contributed by atoms with E-state index in [0.29, 0.717) is 35.0 Å². The molecule has 0 bridgehead atoms. The summed E-state index contributed by atoms with van der Waals surface area (Å²) >= 11 is 0. The molecule has 0 radical (unpaired) electrons. The number of aromatic nitrogens is 3. The monoisotopic (exact) mass is 505 g/mol. The van der Waals surface area contributed by atoms with E-state index >= 15 is 0 Å². The largest absolute Gasteiger partial charge is 0.374 e. The SMILES string of the molecule is Cc1nc2c(Nc3ccc([C@H]4CCCCO4)cc3S(C)(=O)=O)cc(NC(=O)[C@H]3CC3(F)F)nc2[nH]1. The Bertz CT molecular complexity index is 1420. The van der Waals surface area contributed by atoms with Crippen molar-refractivity contribution in [3.8, 4) is 0 Å². The molecule has 1 aliphatic heterocycles. The van der Waals surface area contributed by atoms with Gasteiger partial charge in [0.25, 0.3) is 5.92 Å². The lowest BCUT2D eigenvalue weighted by Gasteiger charge is -2.24. The van der Waals surface area contributed by atoms with Crippen molar-refractivity contribution >= 4 is 44.1 Å². The van der Waals surface area contributed by atoms with Gasteiger partial charge in [-0.3, -0.25) is 4.79 Å². The number of carbonyl (C=O) groups is 1. The van der Waals surface area contributed by atoms with Crippen LogP contribution in [0.3, 0.4) is 0 Å². The van der Waals surface area contributed by atoms with Gasteiger partial charge in [-0.05, 0) is 43.9 Å². The summed E-state index contributed by atoms with van der Waals surface area (Å²) in [5.74, 6) is -4.62. The molecule has 3 N–H and O–H groups in total. The fourth-order valence-electron chi connectivity index (χ4n) is 4.27. The number of nitrogens with one attached hydrogen (secondary N) is 3. The number of hydrogen-bond acceptors (Lipinski definition) is 7. The second-order valence-corrected chi connectivity index (χ2v) is 11.1. The van der Waals surface area contributed by atoms with Crippen LogP contribution in [-0.2, 0) is 19.4 Å². The molecule has 1 saturated carbocycles. The first-order valence-corrected chi connectivity index (χ1v) is 13.2. The van der Waals surface area contributed by atoms with Crippen molar-refractivity contribution in [1.82, 2.24) is 15.0 Å². The van der Waals surface area contributed by atoms with Crippen molar-refractivity contribution in [3.05, 3.63) is 35.7 Å². The molecule has 5 rings (SSSR count). The van der Waals surface area contributed by atoms with Gasteiger partial charge < -0.3 is 20.4 Å². The third kappa shape index (κ3) is 4.85. The van der Waals surface area contributed by atoms with E-state index in [2.05, 4.69) is 25.6 Å². The van der Waals surface area contributed by atoms with Crippen LogP contribution in [0.4, 0.5) is 26.0 Å². The number of carbonyl (C=O) groups excluding carboxylic acids is 1. The zero-order valence-corrected chi connectivity index (χ0v) is 20.0. The Kier molecular flexibility index (Phi) is 5.75. The number of benzene rings is 1. The Labute approximate surface area is 200 Å². The maximum absolute atomic E-state index is 13.3. The number of imidazole rings is 1. The number of pyridine rings is 1. The van der Waals surface area contributed by atoms with Gasteiger partial charge in [-0.1, -0.05) is 6.07 Å². The van der Waals surface area contributed by atoms with E-state index in [4.69, 9.17) is 4.74 Å². The Morgan fingerprint density at radius 3 is 2.63 bits per heavy atom. The number of anilines is 3. The quantitative estimate of drug-likeness (QED) is 0.457. The number of alkyl halides is 2. The molecule has 0 spiro atoms. The highest BCUT2D eigenvalue weighted by Gasteiger charge is 2.61. The maximum Gasteiger partial charge on any atom is 0.260 e. The molecule has 0 unspecified atom stereocenters. The van der Waals surface area contributed by atoms with Crippen molar-refractivity contribution in [3.63, 3.8) is 0 Å². The average Bonchev–Trinajstić information content (AvgIpc) is 3.27. The van der Waals surface area contributed by atoms with Crippen molar-refractivity contribution in [2.75, 3.05) is 23.5 Å². The number of H-pyrrole nitrogens is 1. The molecule has 186 valence electrons. The standard InChI is InChI=1S/C23H25F2N5O4S/c1-12-26-20-16(10-19(29-21(20)27-12)30-22(31)14-11-23(14,24)25)28-15-7-6-13(9-18(15)35(2,32)33)17-5-3-4-8-34-17/h6-7,9-10,14,17H,3-5,8,11H2,1-2H3,(H3,26,27,28,29,30,31)/t14-,17-/m1/s1. The summed E-state index contributed by atoms with van der Waals surface area (Å²) in [6, 6.07) is 6.54. The Morgan fingerprint density at radius 1 is 1.20 bits per heavy atom. The molecule has 3 aromatic rings. The highest BCUT2D eigenvalue weighted by Crippen LogP contribution is 2.49. The number of halogens is 2. The van der Waals surface area contributed by atoms with Gasteiger partial charge in [0.05, 0.1) is 22.4 Å². The lowest BCUT2D eigenvalue weighted by atomic mass is 10.0. The van der Waals surface area contributed by atoms with E-state index in [-0.39, 0.29) is 16.8 Å². The van der Waals surface area contributed by atoms with Gasteiger partial charge in [0, 0.05) is 25.3 Å². The number of aryl methyl sites for hydroxylation is 1. The molecule has 12 heteroatoms. The summed E-state index contributed by atoms with van der Waals surface area (Å²) in [5, 5.41) is 5.53. The number of amides is 1. The second kappa shape index (κ2) is 8.52. The molecule has 9 nitrogen and oxygen atoms in total. The number of rotatable bonds is 6. The van der Waals surface area contributed by atoms with Crippen LogP contribution in [0.2, 0.25) is 0 Å². The van der Waals surface area contributed by atoms with Crippen LogP contribution in [0.15, 0.2) is 29.2 Å².